The smallest absolute Gasteiger partial charge is 0.321 e. The molecule has 1 aromatic rings. The van der Waals surface area contributed by atoms with Crippen molar-refractivity contribution in [3.05, 3.63) is 18.2 Å². The van der Waals surface area contributed by atoms with Gasteiger partial charge in [-0.1, -0.05) is 12.8 Å². The maximum atomic E-state index is 11.7. The van der Waals surface area contributed by atoms with E-state index in [4.69, 9.17) is 4.74 Å². The first-order chi connectivity index (χ1) is 14.4. The van der Waals surface area contributed by atoms with Gasteiger partial charge < -0.3 is 40.6 Å². The lowest BCUT2D eigenvalue weighted by Gasteiger charge is -2.41. The van der Waals surface area contributed by atoms with E-state index in [9.17, 15) is 30.3 Å². The minimum atomic E-state index is -1.39. The number of nitrogens with zero attached hydrogens (tertiary/aromatic N) is 1. The quantitative estimate of drug-likeness (QED) is 0.252. The number of aliphatic carboxylic acids is 1. The Balaban J connectivity index is 1.60. The Kier molecular flexibility index (Phi) is 8.52. The summed E-state index contributed by atoms with van der Waals surface area (Å²) in [5, 5.41) is 52.6. The van der Waals surface area contributed by atoms with E-state index < -0.39 is 48.5 Å². The highest BCUT2D eigenvalue weighted by atomic mass is 32.2. The zero-order chi connectivity index (χ0) is 21.7. The number of aliphatic hydroxyl groups excluding tert-OH is 4. The summed E-state index contributed by atoms with van der Waals surface area (Å²) >= 11 is 1.37. The van der Waals surface area contributed by atoms with E-state index in [0.717, 1.165) is 31.4 Å². The minimum Gasteiger partial charge on any atom is -0.480 e. The van der Waals surface area contributed by atoms with Gasteiger partial charge in [-0.15, -0.1) is 11.8 Å². The molecule has 0 bridgehead atoms. The van der Waals surface area contributed by atoms with Crippen molar-refractivity contribution in [1.29, 1.82) is 0 Å². The molecule has 8 atom stereocenters. The molecule has 1 aliphatic heterocycles. The van der Waals surface area contributed by atoms with Gasteiger partial charge in [-0.3, -0.25) is 4.79 Å². The third kappa shape index (κ3) is 5.94. The summed E-state index contributed by atoms with van der Waals surface area (Å²) in [5.74, 6) is -0.924. The van der Waals surface area contributed by atoms with Crippen LogP contribution in [0.15, 0.2) is 12.5 Å². The van der Waals surface area contributed by atoms with Crippen LogP contribution in [0.2, 0.25) is 0 Å². The fraction of sp³-hybridized carbons (Fsp3) is 0.789. The van der Waals surface area contributed by atoms with Crippen LogP contribution >= 0.6 is 11.8 Å². The number of nitrogens with one attached hydrogen (secondary N) is 2. The number of carbonyl (C=O) groups is 1. The van der Waals surface area contributed by atoms with Crippen LogP contribution in [-0.2, 0) is 16.0 Å². The van der Waals surface area contributed by atoms with E-state index in [1.54, 1.807) is 6.20 Å². The number of hydrogen-bond donors (Lipinski definition) is 7. The topological polar surface area (TPSA) is 168 Å². The molecule has 2 fully saturated rings. The second kappa shape index (κ2) is 10.9. The molecule has 2 heterocycles. The molecule has 10 nitrogen and oxygen atoms in total. The summed E-state index contributed by atoms with van der Waals surface area (Å²) in [7, 11) is 0. The van der Waals surface area contributed by atoms with Crippen LogP contribution in [0.3, 0.4) is 0 Å². The normalized spacial score (nSPS) is 36.2. The van der Waals surface area contributed by atoms with Gasteiger partial charge >= 0.3 is 5.97 Å². The molecule has 0 aromatic carbocycles. The molecule has 1 saturated heterocycles. The molecule has 1 aliphatic carbocycles. The summed E-state index contributed by atoms with van der Waals surface area (Å²) in [5.41, 5.74) is -0.0275. The average Bonchev–Trinajstić information content (AvgIpc) is 3.13. The Morgan fingerprint density at radius 1 is 1.27 bits per heavy atom. The van der Waals surface area contributed by atoms with Crippen molar-refractivity contribution in [3.8, 4) is 0 Å². The fourth-order valence-electron chi connectivity index (χ4n) is 4.08. The predicted octanol–water partition coefficient (Wildman–Crippen LogP) is -0.771. The second-order valence-corrected chi connectivity index (χ2v) is 9.41. The molecule has 2 aliphatic rings. The second-order valence-electron chi connectivity index (χ2n) is 8.01. The zero-order valence-corrected chi connectivity index (χ0v) is 17.4. The van der Waals surface area contributed by atoms with Crippen molar-refractivity contribution in [2.24, 2.45) is 0 Å². The SMILES string of the molecule is O=C(O)[C@H](Cc1cnc[nH]1)NC1CCCCC(S[C@@H]2O[C@H](CO)[C@H](O)[C@H](O)[C@H]2O)C1. The molecule has 0 radical (unpaired) electrons. The first-order valence-corrected chi connectivity index (χ1v) is 11.3. The van der Waals surface area contributed by atoms with Gasteiger partial charge in [0.05, 0.1) is 12.9 Å². The zero-order valence-electron chi connectivity index (χ0n) is 16.6. The first kappa shape index (κ1) is 23.5. The van der Waals surface area contributed by atoms with Crippen LogP contribution in [0.25, 0.3) is 0 Å². The van der Waals surface area contributed by atoms with Crippen LogP contribution in [0.5, 0.6) is 0 Å². The third-order valence-corrected chi connectivity index (χ3v) is 7.24. The number of thioether (sulfide) groups is 1. The van der Waals surface area contributed by atoms with Crippen LogP contribution in [0.1, 0.15) is 37.8 Å². The number of imidazole rings is 1. The van der Waals surface area contributed by atoms with E-state index in [1.165, 1.54) is 18.1 Å². The van der Waals surface area contributed by atoms with E-state index in [1.807, 2.05) is 0 Å². The largest absolute Gasteiger partial charge is 0.480 e. The maximum absolute atomic E-state index is 11.7. The van der Waals surface area contributed by atoms with E-state index in [-0.39, 0.29) is 11.3 Å². The van der Waals surface area contributed by atoms with Gasteiger partial charge in [-0.25, -0.2) is 4.98 Å². The van der Waals surface area contributed by atoms with Crippen molar-refractivity contribution in [3.63, 3.8) is 0 Å². The number of H-pyrrole nitrogens is 1. The highest BCUT2D eigenvalue weighted by Crippen LogP contribution is 2.36. The number of aromatic amines is 1. The minimum absolute atomic E-state index is 0.0149. The monoisotopic (exact) mass is 445 g/mol. The molecule has 1 saturated carbocycles. The van der Waals surface area contributed by atoms with Crippen LogP contribution in [0, 0.1) is 0 Å². The lowest BCUT2D eigenvalue weighted by molar-refractivity contribution is -0.205. The Labute approximate surface area is 179 Å². The van der Waals surface area contributed by atoms with Gasteiger partial charge in [0, 0.05) is 29.6 Å². The summed E-state index contributed by atoms with van der Waals surface area (Å²) < 4.78 is 5.63. The Bertz CT molecular complexity index is 663. The van der Waals surface area contributed by atoms with Gasteiger partial charge in [0.1, 0.15) is 35.9 Å². The highest BCUT2D eigenvalue weighted by molar-refractivity contribution is 8.00. The molecule has 0 amide bonds. The van der Waals surface area contributed by atoms with Crippen LogP contribution < -0.4 is 5.32 Å². The fourth-order valence-corrected chi connectivity index (χ4v) is 5.63. The molecule has 170 valence electrons. The number of ether oxygens (including phenoxy) is 1. The molecule has 3 rings (SSSR count). The molecule has 11 heteroatoms. The number of carboxylic acids is 1. The van der Waals surface area contributed by atoms with E-state index in [2.05, 4.69) is 15.3 Å². The van der Waals surface area contributed by atoms with Crippen LogP contribution in [-0.4, -0.2) is 95.3 Å². The van der Waals surface area contributed by atoms with Crippen molar-refractivity contribution in [1.82, 2.24) is 15.3 Å². The third-order valence-electron chi connectivity index (χ3n) is 5.76. The maximum Gasteiger partial charge on any atom is 0.321 e. The standard InChI is InChI=1S/C19H31N3O7S/c23-8-14-15(24)16(25)17(26)19(29-14)30-12-4-2-1-3-10(5-12)22-13(18(27)28)6-11-7-20-9-21-11/h7,9-10,12-17,19,22-26H,1-6,8H2,(H,20,21)(H,27,28)/t10?,12?,13-,14+,15-,16-,17+,19-/m0/s1. The first-order valence-electron chi connectivity index (χ1n) is 10.3. The number of hydrogen-bond acceptors (Lipinski definition) is 9. The molecule has 7 N–H and O–H groups in total. The van der Waals surface area contributed by atoms with Crippen LogP contribution in [0.4, 0.5) is 0 Å². The lowest BCUT2D eigenvalue weighted by atomic mass is 10.0. The van der Waals surface area contributed by atoms with Gasteiger partial charge in [0.2, 0.25) is 0 Å². The Morgan fingerprint density at radius 3 is 2.70 bits per heavy atom. The van der Waals surface area contributed by atoms with E-state index >= 15 is 0 Å². The number of carboxylic acid groups (broad SMARTS) is 1. The summed E-state index contributed by atoms with van der Waals surface area (Å²) in [6.07, 6.45) is 2.81. The average molecular weight is 446 g/mol. The highest BCUT2D eigenvalue weighted by Gasteiger charge is 2.44. The molecule has 2 unspecified atom stereocenters. The summed E-state index contributed by atoms with van der Waals surface area (Å²) in [6, 6.07) is -0.759. The number of aromatic nitrogens is 2. The molecular formula is C19H31N3O7S. The van der Waals surface area contributed by atoms with Crippen molar-refractivity contribution >= 4 is 17.7 Å². The molecule has 30 heavy (non-hydrogen) atoms. The Hall–Kier alpha value is -1.21. The van der Waals surface area contributed by atoms with Crippen molar-refractivity contribution < 1.29 is 35.1 Å². The molecular weight excluding hydrogens is 414 g/mol. The van der Waals surface area contributed by atoms with Gasteiger partial charge in [0.25, 0.3) is 0 Å². The summed E-state index contributed by atoms with van der Waals surface area (Å²) in [4.78, 5) is 18.6. The van der Waals surface area contributed by atoms with Crippen molar-refractivity contribution in [2.75, 3.05) is 6.61 Å². The van der Waals surface area contributed by atoms with E-state index in [0.29, 0.717) is 12.8 Å². The van der Waals surface area contributed by atoms with Crippen molar-refractivity contribution in [2.45, 2.75) is 85.7 Å². The molecule has 0 spiro atoms. The molecule has 1 aromatic heterocycles. The Morgan fingerprint density at radius 2 is 2.03 bits per heavy atom. The van der Waals surface area contributed by atoms with Gasteiger partial charge in [-0.05, 0) is 19.3 Å². The summed E-state index contributed by atoms with van der Waals surface area (Å²) in [6.45, 7) is -0.454. The lowest BCUT2D eigenvalue weighted by Crippen LogP contribution is -2.57. The number of rotatable bonds is 8. The van der Waals surface area contributed by atoms with Gasteiger partial charge in [0.15, 0.2) is 0 Å². The predicted molar refractivity (Wildman–Crippen MR) is 109 cm³/mol. The number of aliphatic hydroxyl groups is 4. The van der Waals surface area contributed by atoms with Gasteiger partial charge in [-0.2, -0.15) is 0 Å².